The summed E-state index contributed by atoms with van der Waals surface area (Å²) in [6.07, 6.45) is 5.25. The molecule has 1 heterocycles. The van der Waals surface area contributed by atoms with E-state index in [1.165, 1.54) is 0 Å². The summed E-state index contributed by atoms with van der Waals surface area (Å²) in [5.74, 6) is 0.568. The van der Waals surface area contributed by atoms with Crippen LogP contribution >= 0.6 is 11.8 Å². The van der Waals surface area contributed by atoms with E-state index >= 15 is 0 Å². The summed E-state index contributed by atoms with van der Waals surface area (Å²) in [6.45, 7) is 8.95. The minimum atomic E-state index is -0.649. The minimum Gasteiger partial charge on any atom is -0.465 e. The van der Waals surface area contributed by atoms with Crippen LogP contribution in [0.25, 0.3) is 0 Å². The lowest BCUT2D eigenvalue weighted by Crippen LogP contribution is -2.51. The summed E-state index contributed by atoms with van der Waals surface area (Å²) in [5, 5.41) is 4.04. The van der Waals surface area contributed by atoms with Crippen LogP contribution in [0.2, 0.25) is 0 Å². The summed E-state index contributed by atoms with van der Waals surface area (Å²) >= 11 is 1.55. The molecule has 1 unspecified atom stereocenters. The molecular formula is C15H25N3O2S. The standard InChI is InChI=1S/C15H25N3O2S/c1-5-8-18-15(4,13(19)20-6-2)7-9-21-14-16-10-12(3)11-17-14/h10-11,18H,5-9H2,1-4H3. The highest BCUT2D eigenvalue weighted by Gasteiger charge is 2.33. The van der Waals surface area contributed by atoms with Gasteiger partial charge in [-0.25, -0.2) is 9.97 Å². The van der Waals surface area contributed by atoms with E-state index in [0.717, 1.165) is 29.4 Å². The average molecular weight is 311 g/mol. The number of nitrogens with one attached hydrogen (secondary N) is 1. The molecule has 6 heteroatoms. The van der Waals surface area contributed by atoms with E-state index in [9.17, 15) is 4.79 Å². The van der Waals surface area contributed by atoms with E-state index in [0.29, 0.717) is 13.0 Å². The highest BCUT2D eigenvalue weighted by molar-refractivity contribution is 7.99. The van der Waals surface area contributed by atoms with Gasteiger partial charge < -0.3 is 10.1 Å². The lowest BCUT2D eigenvalue weighted by Gasteiger charge is -2.28. The number of ether oxygens (including phenoxy) is 1. The fourth-order valence-corrected chi connectivity index (χ4v) is 2.70. The maximum Gasteiger partial charge on any atom is 0.326 e. The van der Waals surface area contributed by atoms with Gasteiger partial charge in [0.1, 0.15) is 5.54 Å². The van der Waals surface area contributed by atoms with Crippen LogP contribution in [0, 0.1) is 6.92 Å². The van der Waals surface area contributed by atoms with Gasteiger partial charge in [-0.1, -0.05) is 18.7 Å². The van der Waals surface area contributed by atoms with Gasteiger partial charge >= 0.3 is 5.97 Å². The molecule has 0 aliphatic rings. The van der Waals surface area contributed by atoms with Gasteiger partial charge in [0, 0.05) is 18.1 Å². The van der Waals surface area contributed by atoms with Gasteiger partial charge in [-0.3, -0.25) is 4.79 Å². The van der Waals surface area contributed by atoms with Crippen molar-refractivity contribution >= 4 is 17.7 Å². The van der Waals surface area contributed by atoms with Crippen molar-refractivity contribution in [3.8, 4) is 0 Å². The first-order valence-corrected chi connectivity index (χ1v) is 8.34. The lowest BCUT2D eigenvalue weighted by atomic mass is 9.99. The number of hydrogen-bond donors (Lipinski definition) is 1. The van der Waals surface area contributed by atoms with Crippen LogP contribution in [0.5, 0.6) is 0 Å². The molecule has 0 aromatic carbocycles. The Morgan fingerprint density at radius 1 is 1.38 bits per heavy atom. The van der Waals surface area contributed by atoms with Crippen LogP contribution in [0.3, 0.4) is 0 Å². The van der Waals surface area contributed by atoms with Crippen molar-refractivity contribution in [2.24, 2.45) is 0 Å². The molecule has 118 valence electrons. The molecule has 0 fully saturated rings. The molecule has 5 nitrogen and oxygen atoms in total. The zero-order chi connectivity index (χ0) is 15.7. The highest BCUT2D eigenvalue weighted by Crippen LogP contribution is 2.20. The number of aromatic nitrogens is 2. The maximum atomic E-state index is 12.1. The summed E-state index contributed by atoms with van der Waals surface area (Å²) in [6, 6.07) is 0. The van der Waals surface area contributed by atoms with E-state index in [1.807, 2.05) is 20.8 Å². The van der Waals surface area contributed by atoms with E-state index in [-0.39, 0.29) is 5.97 Å². The zero-order valence-electron chi connectivity index (χ0n) is 13.3. The molecule has 0 amide bonds. The SMILES string of the molecule is CCCNC(C)(CCSc1ncc(C)cn1)C(=O)OCC. The topological polar surface area (TPSA) is 64.1 Å². The summed E-state index contributed by atoms with van der Waals surface area (Å²) < 4.78 is 5.18. The van der Waals surface area contributed by atoms with Crippen molar-refractivity contribution in [3.05, 3.63) is 18.0 Å². The van der Waals surface area contributed by atoms with E-state index < -0.39 is 5.54 Å². The lowest BCUT2D eigenvalue weighted by molar-refractivity contribution is -0.150. The summed E-state index contributed by atoms with van der Waals surface area (Å²) in [5.41, 5.74) is 0.393. The molecule has 1 rings (SSSR count). The van der Waals surface area contributed by atoms with Crippen LogP contribution < -0.4 is 5.32 Å². The fraction of sp³-hybridized carbons (Fsp3) is 0.667. The van der Waals surface area contributed by atoms with E-state index in [1.54, 1.807) is 24.2 Å². The Morgan fingerprint density at radius 3 is 2.62 bits per heavy atom. The molecule has 0 bridgehead atoms. The van der Waals surface area contributed by atoms with Crippen LogP contribution in [0.15, 0.2) is 17.6 Å². The van der Waals surface area contributed by atoms with Crippen molar-refractivity contribution in [1.82, 2.24) is 15.3 Å². The summed E-state index contributed by atoms with van der Waals surface area (Å²) in [4.78, 5) is 20.6. The maximum absolute atomic E-state index is 12.1. The Kier molecular flexibility index (Phi) is 7.67. The Balaban J connectivity index is 2.55. The average Bonchev–Trinajstić information content (AvgIpc) is 2.47. The molecule has 21 heavy (non-hydrogen) atoms. The normalized spacial score (nSPS) is 13.7. The number of hydrogen-bond acceptors (Lipinski definition) is 6. The molecule has 0 radical (unpaired) electrons. The molecule has 1 atom stereocenters. The van der Waals surface area contributed by atoms with Crippen LogP contribution in [-0.2, 0) is 9.53 Å². The molecule has 0 aliphatic heterocycles. The number of aryl methyl sites for hydroxylation is 1. The number of thioether (sulfide) groups is 1. The van der Waals surface area contributed by atoms with Gasteiger partial charge in [0.15, 0.2) is 5.16 Å². The Morgan fingerprint density at radius 2 is 2.05 bits per heavy atom. The molecule has 0 spiro atoms. The Hall–Kier alpha value is -1.14. The largest absolute Gasteiger partial charge is 0.465 e. The molecule has 0 aliphatic carbocycles. The third-order valence-electron chi connectivity index (χ3n) is 3.08. The second kappa shape index (κ2) is 9.00. The van der Waals surface area contributed by atoms with E-state index in [4.69, 9.17) is 4.74 Å². The number of carbonyl (C=O) groups excluding carboxylic acids is 1. The van der Waals surface area contributed by atoms with Gasteiger partial charge in [-0.2, -0.15) is 0 Å². The second-order valence-corrected chi connectivity index (χ2v) is 6.18. The smallest absolute Gasteiger partial charge is 0.326 e. The van der Waals surface area contributed by atoms with Crippen molar-refractivity contribution in [2.45, 2.75) is 51.2 Å². The molecule has 0 saturated carbocycles. The molecule has 1 N–H and O–H groups in total. The quantitative estimate of drug-likeness (QED) is 0.430. The number of esters is 1. The van der Waals surface area contributed by atoms with Gasteiger partial charge in [0.25, 0.3) is 0 Å². The highest BCUT2D eigenvalue weighted by atomic mass is 32.2. The predicted octanol–water partition coefficient (Wildman–Crippen LogP) is 2.59. The predicted molar refractivity (Wildman–Crippen MR) is 85.4 cm³/mol. The van der Waals surface area contributed by atoms with E-state index in [2.05, 4.69) is 22.2 Å². The van der Waals surface area contributed by atoms with Gasteiger partial charge in [-0.15, -0.1) is 0 Å². The zero-order valence-corrected chi connectivity index (χ0v) is 14.1. The first-order valence-electron chi connectivity index (χ1n) is 7.35. The van der Waals surface area contributed by atoms with Crippen molar-refractivity contribution < 1.29 is 9.53 Å². The first kappa shape index (κ1) is 17.9. The molecule has 1 aromatic heterocycles. The molecular weight excluding hydrogens is 286 g/mol. The van der Waals surface area contributed by atoms with Crippen LogP contribution in [-0.4, -0.2) is 40.4 Å². The number of rotatable bonds is 9. The monoisotopic (exact) mass is 311 g/mol. The van der Waals surface area contributed by atoms with Crippen LogP contribution in [0.4, 0.5) is 0 Å². The van der Waals surface area contributed by atoms with Crippen molar-refractivity contribution in [2.75, 3.05) is 18.9 Å². The third-order valence-corrected chi connectivity index (χ3v) is 3.96. The fourth-order valence-electron chi connectivity index (χ4n) is 1.76. The van der Waals surface area contributed by atoms with Crippen LogP contribution in [0.1, 0.15) is 39.2 Å². The second-order valence-electron chi connectivity index (χ2n) is 5.12. The Bertz CT molecular complexity index is 439. The minimum absolute atomic E-state index is 0.191. The third kappa shape index (κ3) is 6.01. The number of carbonyl (C=O) groups is 1. The molecule has 1 aromatic rings. The first-order chi connectivity index (χ1) is 10.0. The van der Waals surface area contributed by atoms with Gasteiger partial charge in [0.2, 0.25) is 0 Å². The summed E-state index contributed by atoms with van der Waals surface area (Å²) in [7, 11) is 0. The number of nitrogens with zero attached hydrogens (tertiary/aromatic N) is 2. The van der Waals surface area contributed by atoms with Gasteiger partial charge in [-0.05, 0) is 45.7 Å². The van der Waals surface area contributed by atoms with Crippen molar-refractivity contribution in [1.29, 1.82) is 0 Å². The van der Waals surface area contributed by atoms with Gasteiger partial charge in [0.05, 0.1) is 6.61 Å². The van der Waals surface area contributed by atoms with Crippen molar-refractivity contribution in [3.63, 3.8) is 0 Å². The Labute approximate surface area is 131 Å². The molecule has 0 saturated heterocycles.